The molecule has 4 rings (SSSR count). The molecular weight excluding hydrogens is 410 g/mol. The highest BCUT2D eigenvalue weighted by molar-refractivity contribution is 7.91. The molecule has 1 aromatic carbocycles. The summed E-state index contributed by atoms with van der Waals surface area (Å²) < 4.78 is 26.1. The third-order valence-electron chi connectivity index (χ3n) is 6.57. The zero-order chi connectivity index (χ0) is 22.0. The van der Waals surface area contributed by atoms with Crippen LogP contribution < -0.4 is 10.6 Å². The Balaban J connectivity index is 1.46. The Labute approximate surface area is 185 Å². The second-order valence-electron chi connectivity index (χ2n) is 8.96. The van der Waals surface area contributed by atoms with Gasteiger partial charge in [0.25, 0.3) is 0 Å². The molecule has 8 heteroatoms. The summed E-state index contributed by atoms with van der Waals surface area (Å²) in [6.45, 7) is 8.29. The largest absolute Gasteiger partial charge is 0.382 e. The molecule has 0 spiro atoms. The maximum Gasteiger partial charge on any atom is 0.227 e. The van der Waals surface area contributed by atoms with E-state index in [1.165, 1.54) is 38.5 Å². The molecule has 7 nitrogen and oxygen atoms in total. The van der Waals surface area contributed by atoms with E-state index in [1.54, 1.807) is 12.1 Å². The van der Waals surface area contributed by atoms with Crippen LogP contribution in [0.1, 0.15) is 57.4 Å². The number of nitrogens with zero attached hydrogens (tertiary/aromatic N) is 4. The van der Waals surface area contributed by atoms with Crippen LogP contribution in [0.25, 0.3) is 0 Å². The van der Waals surface area contributed by atoms with E-state index in [0.29, 0.717) is 17.9 Å². The van der Waals surface area contributed by atoms with Crippen LogP contribution >= 0.6 is 0 Å². The van der Waals surface area contributed by atoms with Crippen molar-refractivity contribution in [2.75, 3.05) is 36.8 Å². The van der Waals surface area contributed by atoms with Crippen LogP contribution in [0.5, 0.6) is 0 Å². The van der Waals surface area contributed by atoms with Crippen molar-refractivity contribution in [1.82, 2.24) is 14.9 Å². The molecule has 0 radical (unpaired) electrons. The van der Waals surface area contributed by atoms with E-state index < -0.39 is 9.84 Å². The Morgan fingerprint density at radius 2 is 1.65 bits per heavy atom. The van der Waals surface area contributed by atoms with Crippen LogP contribution in [0.4, 0.5) is 11.8 Å². The standard InChI is InChI=1S/C23H33N5O2S/c1-17(2)18-6-8-20(9-7-18)31(29,30)21-16-25-23(26-22(21)24)28-14-10-19(11-15-28)27-12-4-3-5-13-27/h6-9,16-17,19H,3-5,10-15H2,1-2H3,(H2,24,25,26). The van der Waals surface area contributed by atoms with Gasteiger partial charge in [0.15, 0.2) is 0 Å². The second kappa shape index (κ2) is 9.12. The number of nitrogen functional groups attached to an aromatic ring is 1. The first-order chi connectivity index (χ1) is 14.9. The molecular formula is C23H33N5O2S. The monoisotopic (exact) mass is 443 g/mol. The van der Waals surface area contributed by atoms with E-state index in [9.17, 15) is 8.42 Å². The van der Waals surface area contributed by atoms with Gasteiger partial charge in [0.1, 0.15) is 10.7 Å². The minimum Gasteiger partial charge on any atom is -0.382 e. The van der Waals surface area contributed by atoms with Crippen molar-refractivity contribution in [1.29, 1.82) is 0 Å². The maximum absolute atomic E-state index is 13.1. The molecule has 2 aromatic rings. The fraction of sp³-hybridized carbons (Fsp3) is 0.565. The molecule has 2 aliphatic heterocycles. The summed E-state index contributed by atoms with van der Waals surface area (Å²) in [4.78, 5) is 13.7. The van der Waals surface area contributed by atoms with E-state index in [4.69, 9.17) is 5.73 Å². The second-order valence-corrected chi connectivity index (χ2v) is 10.9. The van der Waals surface area contributed by atoms with Gasteiger partial charge in [-0.3, -0.25) is 0 Å². The predicted octanol–water partition coefficient (Wildman–Crippen LogP) is 3.47. The molecule has 0 unspecified atom stereocenters. The molecule has 0 saturated carbocycles. The lowest BCUT2D eigenvalue weighted by molar-refractivity contribution is 0.141. The summed E-state index contributed by atoms with van der Waals surface area (Å²) in [6.07, 6.45) is 7.46. The fourth-order valence-electron chi connectivity index (χ4n) is 4.61. The van der Waals surface area contributed by atoms with Crippen molar-refractivity contribution in [3.63, 3.8) is 0 Å². The number of hydrogen-bond acceptors (Lipinski definition) is 7. The van der Waals surface area contributed by atoms with E-state index >= 15 is 0 Å². The quantitative estimate of drug-likeness (QED) is 0.756. The third-order valence-corrected chi connectivity index (χ3v) is 8.36. The van der Waals surface area contributed by atoms with Crippen molar-refractivity contribution >= 4 is 21.6 Å². The first-order valence-electron chi connectivity index (χ1n) is 11.3. The van der Waals surface area contributed by atoms with Gasteiger partial charge in [-0.1, -0.05) is 32.4 Å². The van der Waals surface area contributed by atoms with Crippen molar-refractivity contribution in [3.8, 4) is 0 Å². The Morgan fingerprint density at radius 1 is 1.00 bits per heavy atom. The van der Waals surface area contributed by atoms with Gasteiger partial charge in [-0.25, -0.2) is 13.4 Å². The molecule has 3 heterocycles. The molecule has 0 aliphatic carbocycles. The van der Waals surface area contributed by atoms with Crippen molar-refractivity contribution in [3.05, 3.63) is 36.0 Å². The highest BCUT2D eigenvalue weighted by Crippen LogP contribution is 2.28. The maximum atomic E-state index is 13.1. The average molecular weight is 444 g/mol. The van der Waals surface area contributed by atoms with Gasteiger partial charge in [0.05, 0.1) is 11.1 Å². The molecule has 2 aliphatic rings. The Morgan fingerprint density at radius 3 is 2.23 bits per heavy atom. The van der Waals surface area contributed by atoms with Crippen LogP contribution in [0, 0.1) is 0 Å². The molecule has 2 N–H and O–H groups in total. The highest BCUT2D eigenvalue weighted by Gasteiger charge is 2.28. The van der Waals surface area contributed by atoms with Gasteiger partial charge in [0.2, 0.25) is 15.8 Å². The molecule has 0 atom stereocenters. The number of rotatable bonds is 5. The zero-order valence-electron chi connectivity index (χ0n) is 18.5. The fourth-order valence-corrected chi connectivity index (χ4v) is 5.87. The lowest BCUT2D eigenvalue weighted by Crippen LogP contribution is -2.47. The first-order valence-corrected chi connectivity index (χ1v) is 12.8. The number of aromatic nitrogens is 2. The van der Waals surface area contributed by atoms with Crippen LogP contribution in [-0.4, -0.2) is 55.5 Å². The van der Waals surface area contributed by atoms with E-state index in [0.717, 1.165) is 31.5 Å². The van der Waals surface area contributed by atoms with Crippen molar-refractivity contribution < 1.29 is 8.42 Å². The first kappa shape index (κ1) is 22.0. The number of likely N-dealkylation sites (tertiary alicyclic amines) is 1. The molecule has 1 aromatic heterocycles. The Bertz CT molecular complexity index is 993. The number of piperidine rings is 2. The zero-order valence-corrected chi connectivity index (χ0v) is 19.3. The number of anilines is 2. The van der Waals surface area contributed by atoms with Crippen LogP contribution in [0.2, 0.25) is 0 Å². The van der Waals surface area contributed by atoms with Gasteiger partial charge in [-0.15, -0.1) is 0 Å². The SMILES string of the molecule is CC(C)c1ccc(S(=O)(=O)c2cnc(N3CCC(N4CCCCC4)CC3)nc2N)cc1. The van der Waals surface area contributed by atoms with Crippen LogP contribution in [0.3, 0.4) is 0 Å². The van der Waals surface area contributed by atoms with E-state index in [-0.39, 0.29) is 15.6 Å². The number of hydrogen-bond donors (Lipinski definition) is 1. The summed E-state index contributed by atoms with van der Waals surface area (Å²) >= 11 is 0. The van der Waals surface area contributed by atoms with Gasteiger partial charge in [-0.2, -0.15) is 4.98 Å². The number of benzene rings is 1. The molecule has 31 heavy (non-hydrogen) atoms. The molecule has 0 bridgehead atoms. The lowest BCUT2D eigenvalue weighted by atomic mass is 10.0. The van der Waals surface area contributed by atoms with E-state index in [2.05, 4.69) is 33.6 Å². The lowest BCUT2D eigenvalue weighted by Gasteiger charge is -2.40. The smallest absolute Gasteiger partial charge is 0.227 e. The van der Waals surface area contributed by atoms with Crippen molar-refractivity contribution in [2.24, 2.45) is 0 Å². The summed E-state index contributed by atoms with van der Waals surface area (Å²) in [7, 11) is -3.76. The molecule has 2 fully saturated rings. The van der Waals surface area contributed by atoms with E-state index in [1.807, 2.05) is 12.1 Å². The van der Waals surface area contributed by atoms with Gasteiger partial charge in [0, 0.05) is 19.1 Å². The summed E-state index contributed by atoms with van der Waals surface area (Å²) in [5.41, 5.74) is 7.20. The predicted molar refractivity (Wildman–Crippen MR) is 123 cm³/mol. The Kier molecular flexibility index (Phi) is 6.48. The van der Waals surface area contributed by atoms with Gasteiger partial charge < -0.3 is 15.5 Å². The summed E-state index contributed by atoms with van der Waals surface area (Å²) in [5.74, 6) is 0.864. The molecule has 168 valence electrons. The van der Waals surface area contributed by atoms with Gasteiger partial charge in [-0.05, 0) is 62.4 Å². The normalized spacial score (nSPS) is 19.1. The number of nitrogens with two attached hydrogens (primary N) is 1. The summed E-state index contributed by atoms with van der Waals surface area (Å²) in [6, 6.07) is 7.57. The number of sulfone groups is 1. The van der Waals surface area contributed by atoms with Crippen LogP contribution in [0.15, 0.2) is 40.3 Å². The van der Waals surface area contributed by atoms with Crippen molar-refractivity contribution in [2.45, 2.75) is 67.7 Å². The average Bonchev–Trinajstić information content (AvgIpc) is 2.79. The van der Waals surface area contributed by atoms with Gasteiger partial charge >= 0.3 is 0 Å². The molecule has 0 amide bonds. The third kappa shape index (κ3) is 4.70. The highest BCUT2D eigenvalue weighted by atomic mass is 32.2. The minimum absolute atomic E-state index is 0.0103. The minimum atomic E-state index is -3.76. The Hall–Kier alpha value is -2.19. The molecule has 2 saturated heterocycles. The summed E-state index contributed by atoms with van der Waals surface area (Å²) in [5, 5.41) is 0. The van der Waals surface area contributed by atoms with Crippen LogP contribution in [-0.2, 0) is 9.84 Å². The topological polar surface area (TPSA) is 92.4 Å².